The Balaban J connectivity index is 2.33. The first-order valence-corrected chi connectivity index (χ1v) is 8.91. The predicted molar refractivity (Wildman–Crippen MR) is 93.2 cm³/mol. The minimum absolute atomic E-state index is 0.103. The molecule has 11 heteroatoms. The van der Waals surface area contributed by atoms with Gasteiger partial charge in [0.25, 0.3) is 15.7 Å². The first kappa shape index (κ1) is 18.8. The second-order valence-electron chi connectivity index (χ2n) is 4.68. The van der Waals surface area contributed by atoms with Gasteiger partial charge in [0.05, 0.1) is 25.6 Å². The van der Waals surface area contributed by atoms with Crippen molar-refractivity contribution in [2.75, 3.05) is 5.43 Å². The van der Waals surface area contributed by atoms with Crippen molar-refractivity contribution in [1.29, 1.82) is 0 Å². The number of halogens is 3. The molecule has 128 valence electrons. The molecule has 0 atom stereocenters. The zero-order valence-corrected chi connectivity index (χ0v) is 15.1. The molecule has 0 amide bonds. The fourth-order valence-electron chi connectivity index (χ4n) is 1.83. The quantitative estimate of drug-likeness (QED) is 0.569. The number of benzene rings is 2. The molecule has 0 aliphatic rings. The Hall–Kier alpha value is -1.58. The highest BCUT2D eigenvalue weighted by molar-refractivity contribution is 7.89. The first-order chi connectivity index (χ1) is 11.1. The molecule has 0 aliphatic heterocycles. The van der Waals surface area contributed by atoms with E-state index in [0.29, 0.717) is 5.56 Å². The fraction of sp³-hybridized carbons (Fsp3) is 0.0769. The van der Waals surface area contributed by atoms with Crippen molar-refractivity contribution < 1.29 is 13.3 Å². The van der Waals surface area contributed by atoms with Crippen LogP contribution in [0.15, 0.2) is 35.2 Å². The van der Waals surface area contributed by atoms with Gasteiger partial charge in [-0.15, -0.1) is 4.83 Å². The smallest absolute Gasteiger partial charge is 0.270 e. The molecule has 0 spiro atoms. The summed E-state index contributed by atoms with van der Waals surface area (Å²) in [6.45, 7) is 1.51. The first-order valence-electron chi connectivity index (χ1n) is 6.29. The van der Waals surface area contributed by atoms with Crippen LogP contribution in [0.25, 0.3) is 0 Å². The number of hydrazine groups is 1. The Morgan fingerprint density at radius 1 is 1.08 bits per heavy atom. The standard InChI is InChI=1S/C13H10Cl3N3O4S/c1-7-2-3-9(19(20)21)6-12(7)24(22,23)18-17-13-10(15)4-8(14)5-11(13)16/h2-6,17-18H,1H3. The van der Waals surface area contributed by atoms with Crippen LogP contribution in [0.2, 0.25) is 15.1 Å². The number of nitro benzene ring substituents is 1. The number of nitrogens with one attached hydrogen (secondary N) is 2. The van der Waals surface area contributed by atoms with Crippen LogP contribution in [0, 0.1) is 17.0 Å². The van der Waals surface area contributed by atoms with Gasteiger partial charge in [0.15, 0.2) is 0 Å². The van der Waals surface area contributed by atoms with E-state index in [0.717, 1.165) is 6.07 Å². The number of nitrogens with zero attached hydrogens (tertiary/aromatic N) is 1. The van der Waals surface area contributed by atoms with Crippen LogP contribution in [-0.4, -0.2) is 13.3 Å². The molecule has 0 radical (unpaired) electrons. The fourth-order valence-corrected chi connectivity index (χ4v) is 3.85. The number of rotatable bonds is 5. The zero-order chi connectivity index (χ0) is 18.1. The van der Waals surface area contributed by atoms with Gasteiger partial charge in [-0.05, 0) is 24.6 Å². The van der Waals surface area contributed by atoms with Gasteiger partial charge in [0.1, 0.15) is 0 Å². The molecule has 2 aromatic rings. The van der Waals surface area contributed by atoms with E-state index in [1.165, 1.54) is 31.2 Å². The molecule has 0 bridgehead atoms. The number of hydrogen-bond donors (Lipinski definition) is 2. The monoisotopic (exact) mass is 409 g/mol. The topological polar surface area (TPSA) is 101 Å². The minimum atomic E-state index is -4.10. The van der Waals surface area contributed by atoms with Crippen molar-refractivity contribution in [3.8, 4) is 0 Å². The lowest BCUT2D eigenvalue weighted by atomic mass is 10.2. The number of sulfonamides is 1. The molecule has 0 saturated carbocycles. The Morgan fingerprint density at radius 3 is 2.21 bits per heavy atom. The number of anilines is 1. The Bertz CT molecular complexity index is 896. The number of aryl methyl sites for hydroxylation is 1. The zero-order valence-electron chi connectivity index (χ0n) is 12.0. The van der Waals surface area contributed by atoms with Crippen molar-refractivity contribution >= 4 is 56.2 Å². The lowest BCUT2D eigenvalue weighted by Crippen LogP contribution is -2.30. The van der Waals surface area contributed by atoms with Gasteiger partial charge in [0, 0.05) is 17.2 Å². The lowest BCUT2D eigenvalue weighted by molar-refractivity contribution is -0.385. The molecule has 2 rings (SSSR count). The van der Waals surface area contributed by atoms with Gasteiger partial charge in [-0.1, -0.05) is 40.9 Å². The SMILES string of the molecule is Cc1ccc([N+](=O)[O-])cc1S(=O)(=O)NNc1c(Cl)cc(Cl)cc1Cl. The maximum atomic E-state index is 12.4. The predicted octanol–water partition coefficient (Wildman–Crippen LogP) is 4.17. The molecular formula is C13H10Cl3N3O4S. The van der Waals surface area contributed by atoms with E-state index in [9.17, 15) is 18.5 Å². The maximum absolute atomic E-state index is 12.4. The van der Waals surface area contributed by atoms with Crippen LogP contribution in [0.5, 0.6) is 0 Å². The summed E-state index contributed by atoms with van der Waals surface area (Å²) in [5.41, 5.74) is 2.49. The van der Waals surface area contributed by atoms with Crippen molar-refractivity contribution in [3.05, 3.63) is 61.1 Å². The van der Waals surface area contributed by atoms with E-state index in [1.54, 1.807) is 0 Å². The van der Waals surface area contributed by atoms with E-state index in [-0.39, 0.29) is 31.3 Å². The van der Waals surface area contributed by atoms with Crippen molar-refractivity contribution in [1.82, 2.24) is 4.83 Å². The summed E-state index contributed by atoms with van der Waals surface area (Å²) in [6, 6.07) is 6.28. The number of nitro groups is 1. The summed E-state index contributed by atoms with van der Waals surface area (Å²) in [6.07, 6.45) is 0. The molecule has 2 N–H and O–H groups in total. The van der Waals surface area contributed by atoms with Gasteiger partial charge in [0.2, 0.25) is 0 Å². The van der Waals surface area contributed by atoms with E-state index in [4.69, 9.17) is 34.8 Å². The molecule has 0 heterocycles. The molecule has 2 aromatic carbocycles. The molecule has 0 saturated heterocycles. The third kappa shape index (κ3) is 4.08. The number of hydrogen-bond acceptors (Lipinski definition) is 5. The number of non-ortho nitro benzene ring substituents is 1. The maximum Gasteiger partial charge on any atom is 0.270 e. The third-order valence-electron chi connectivity index (χ3n) is 2.99. The van der Waals surface area contributed by atoms with Gasteiger partial charge < -0.3 is 5.43 Å². The largest absolute Gasteiger partial charge is 0.305 e. The highest BCUT2D eigenvalue weighted by Gasteiger charge is 2.21. The van der Waals surface area contributed by atoms with Crippen LogP contribution in [0.3, 0.4) is 0 Å². The molecule has 0 aliphatic carbocycles. The van der Waals surface area contributed by atoms with Crippen LogP contribution in [0.4, 0.5) is 11.4 Å². The van der Waals surface area contributed by atoms with Crippen LogP contribution in [-0.2, 0) is 10.0 Å². The molecular weight excluding hydrogens is 401 g/mol. The Kier molecular flexibility index (Phi) is 5.56. The average Bonchev–Trinajstić information content (AvgIpc) is 2.45. The van der Waals surface area contributed by atoms with Crippen molar-refractivity contribution in [2.45, 2.75) is 11.8 Å². The Labute approximate surface area is 152 Å². The van der Waals surface area contributed by atoms with Crippen LogP contribution < -0.4 is 10.3 Å². The second-order valence-corrected chi connectivity index (χ2v) is 7.58. The summed E-state index contributed by atoms with van der Waals surface area (Å²) in [4.78, 5) is 12.0. The highest BCUT2D eigenvalue weighted by atomic mass is 35.5. The van der Waals surface area contributed by atoms with Gasteiger partial charge in [-0.25, -0.2) is 8.42 Å². The second kappa shape index (κ2) is 7.12. The van der Waals surface area contributed by atoms with E-state index < -0.39 is 14.9 Å². The molecule has 24 heavy (non-hydrogen) atoms. The summed E-state index contributed by atoms with van der Waals surface area (Å²) in [5, 5.41) is 11.3. The van der Waals surface area contributed by atoms with E-state index >= 15 is 0 Å². The van der Waals surface area contributed by atoms with E-state index in [2.05, 4.69) is 10.3 Å². The lowest BCUT2D eigenvalue weighted by Gasteiger charge is -2.13. The summed E-state index contributed by atoms with van der Waals surface area (Å²) < 4.78 is 24.8. The van der Waals surface area contributed by atoms with Gasteiger partial charge >= 0.3 is 0 Å². The van der Waals surface area contributed by atoms with Crippen LogP contribution >= 0.6 is 34.8 Å². The van der Waals surface area contributed by atoms with Gasteiger partial charge in [-0.2, -0.15) is 0 Å². The van der Waals surface area contributed by atoms with Crippen molar-refractivity contribution in [3.63, 3.8) is 0 Å². The van der Waals surface area contributed by atoms with Crippen molar-refractivity contribution in [2.24, 2.45) is 0 Å². The average molecular weight is 411 g/mol. The summed E-state index contributed by atoms with van der Waals surface area (Å²) in [7, 11) is -4.10. The minimum Gasteiger partial charge on any atom is -0.305 e. The van der Waals surface area contributed by atoms with E-state index in [1.807, 2.05) is 0 Å². The third-order valence-corrected chi connectivity index (χ3v) is 5.19. The van der Waals surface area contributed by atoms with Gasteiger partial charge in [-0.3, -0.25) is 10.1 Å². The summed E-state index contributed by atoms with van der Waals surface area (Å²) >= 11 is 17.7. The molecule has 0 fully saturated rings. The highest BCUT2D eigenvalue weighted by Crippen LogP contribution is 2.33. The summed E-state index contributed by atoms with van der Waals surface area (Å²) in [5.74, 6) is 0. The normalized spacial score (nSPS) is 11.3. The molecule has 7 nitrogen and oxygen atoms in total. The van der Waals surface area contributed by atoms with Crippen LogP contribution in [0.1, 0.15) is 5.56 Å². The Morgan fingerprint density at radius 2 is 1.67 bits per heavy atom. The molecule has 0 unspecified atom stereocenters. The molecule has 0 aromatic heterocycles.